The molecule has 2 heterocycles. The van der Waals surface area contributed by atoms with Gasteiger partial charge >= 0.3 is 0 Å². The fourth-order valence-electron chi connectivity index (χ4n) is 4.96. The highest BCUT2D eigenvalue weighted by atomic mass is 16.5. The Morgan fingerprint density at radius 2 is 1.82 bits per heavy atom. The standard InChI is InChI=1S/C36H30N4O5/c1-4-9-26-18-24(19-31(43-3)34(26)44-22-33(41)38-27-16-14-23(2)15-17-27)21-37-40-35(32-20-25-10-5-8-13-30(25)45-32)39-29-12-7-6-11-28(29)36(40)42/h4-8,10-21H,1,9,22H2,2-3H3,(H,38,41). The summed E-state index contributed by atoms with van der Waals surface area (Å²) in [6.07, 6.45) is 3.72. The molecule has 0 aliphatic carbocycles. The highest BCUT2D eigenvalue weighted by molar-refractivity contribution is 5.92. The van der Waals surface area contributed by atoms with Crippen LogP contribution < -0.4 is 20.3 Å². The second-order valence-corrected chi connectivity index (χ2v) is 10.4. The number of rotatable bonds is 10. The minimum absolute atomic E-state index is 0.221. The zero-order chi connectivity index (χ0) is 31.3. The number of nitrogens with zero attached hydrogens (tertiary/aromatic N) is 3. The summed E-state index contributed by atoms with van der Waals surface area (Å²) >= 11 is 0. The number of hydrogen-bond donors (Lipinski definition) is 1. The normalized spacial score (nSPS) is 11.2. The Hall–Kier alpha value is -5.96. The molecule has 0 atom stereocenters. The van der Waals surface area contributed by atoms with E-state index in [0.717, 1.165) is 16.5 Å². The second-order valence-electron chi connectivity index (χ2n) is 10.4. The summed E-state index contributed by atoms with van der Waals surface area (Å²) < 4.78 is 18.9. The Morgan fingerprint density at radius 3 is 2.60 bits per heavy atom. The molecule has 0 saturated heterocycles. The molecule has 9 nitrogen and oxygen atoms in total. The fraction of sp³-hybridized carbons (Fsp3) is 0.111. The number of methoxy groups -OCH3 is 1. The number of anilines is 1. The van der Waals surface area contributed by atoms with Crippen molar-refractivity contribution in [1.82, 2.24) is 9.66 Å². The highest BCUT2D eigenvalue weighted by Gasteiger charge is 2.18. The largest absolute Gasteiger partial charge is 0.493 e. The number of allylic oxidation sites excluding steroid dienone is 1. The molecule has 6 aromatic rings. The van der Waals surface area contributed by atoms with Gasteiger partial charge in [0.15, 0.2) is 23.9 Å². The van der Waals surface area contributed by atoms with Crippen LogP contribution in [0.25, 0.3) is 33.5 Å². The highest BCUT2D eigenvalue weighted by Crippen LogP contribution is 2.33. The zero-order valence-corrected chi connectivity index (χ0v) is 24.8. The monoisotopic (exact) mass is 598 g/mol. The third kappa shape index (κ3) is 6.23. The number of fused-ring (bicyclic) bond motifs is 2. The number of benzene rings is 4. The van der Waals surface area contributed by atoms with Crippen LogP contribution in [-0.2, 0) is 11.2 Å². The van der Waals surface area contributed by atoms with Crippen molar-refractivity contribution in [2.75, 3.05) is 19.0 Å². The molecule has 1 N–H and O–H groups in total. The molecule has 0 radical (unpaired) electrons. The minimum Gasteiger partial charge on any atom is -0.493 e. The molecule has 9 heteroatoms. The van der Waals surface area contributed by atoms with Crippen LogP contribution >= 0.6 is 0 Å². The van der Waals surface area contributed by atoms with Crippen molar-refractivity contribution in [2.24, 2.45) is 5.10 Å². The molecule has 2 aromatic heterocycles. The van der Waals surface area contributed by atoms with E-state index in [-0.39, 0.29) is 23.9 Å². The number of ether oxygens (including phenoxy) is 2. The van der Waals surface area contributed by atoms with Crippen LogP contribution in [-0.4, -0.2) is 35.5 Å². The molecule has 0 unspecified atom stereocenters. The Balaban J connectivity index is 1.34. The van der Waals surface area contributed by atoms with E-state index in [1.165, 1.54) is 11.8 Å². The quantitative estimate of drug-likeness (QED) is 0.138. The first-order valence-corrected chi connectivity index (χ1v) is 14.3. The van der Waals surface area contributed by atoms with Crippen molar-refractivity contribution in [3.8, 4) is 23.1 Å². The number of furan rings is 1. The van der Waals surface area contributed by atoms with Crippen molar-refractivity contribution >= 4 is 39.7 Å². The van der Waals surface area contributed by atoms with Gasteiger partial charge in [0.1, 0.15) is 5.58 Å². The van der Waals surface area contributed by atoms with Crippen molar-refractivity contribution < 1.29 is 18.7 Å². The number of amides is 1. The summed E-state index contributed by atoms with van der Waals surface area (Å²) in [4.78, 5) is 31.0. The molecule has 1 amide bonds. The first-order valence-electron chi connectivity index (χ1n) is 14.3. The maximum Gasteiger partial charge on any atom is 0.282 e. The fourth-order valence-corrected chi connectivity index (χ4v) is 4.96. The molecule has 45 heavy (non-hydrogen) atoms. The van der Waals surface area contributed by atoms with E-state index in [1.807, 2.05) is 73.7 Å². The third-order valence-corrected chi connectivity index (χ3v) is 7.14. The summed E-state index contributed by atoms with van der Waals surface area (Å²) in [6.45, 7) is 5.62. The Kier molecular flexibility index (Phi) is 8.24. The molecular weight excluding hydrogens is 568 g/mol. The molecule has 0 spiro atoms. The molecule has 0 aliphatic heterocycles. The number of carbonyl (C=O) groups is 1. The average molecular weight is 599 g/mol. The van der Waals surface area contributed by atoms with Crippen LogP contribution in [0.1, 0.15) is 16.7 Å². The van der Waals surface area contributed by atoms with Crippen molar-refractivity contribution in [3.05, 3.63) is 131 Å². The van der Waals surface area contributed by atoms with Crippen LogP contribution in [0.5, 0.6) is 11.5 Å². The lowest BCUT2D eigenvalue weighted by Crippen LogP contribution is -2.21. The topological polar surface area (TPSA) is 108 Å². The summed E-state index contributed by atoms with van der Waals surface area (Å²) in [5.74, 6) is 1.19. The number of aryl methyl sites for hydroxylation is 1. The summed E-state index contributed by atoms with van der Waals surface area (Å²) in [5.41, 5.74) is 4.01. The van der Waals surface area contributed by atoms with Gasteiger partial charge in [0.2, 0.25) is 5.82 Å². The number of hydrogen-bond acceptors (Lipinski definition) is 7. The number of nitrogens with one attached hydrogen (secondary N) is 1. The van der Waals surface area contributed by atoms with Gasteiger partial charge < -0.3 is 19.2 Å². The van der Waals surface area contributed by atoms with Gasteiger partial charge in [0.05, 0.1) is 24.2 Å². The number of aromatic nitrogens is 2. The van der Waals surface area contributed by atoms with E-state index in [2.05, 4.69) is 17.0 Å². The number of para-hydroxylation sites is 2. The lowest BCUT2D eigenvalue weighted by Gasteiger charge is -2.16. The minimum atomic E-state index is -0.342. The summed E-state index contributed by atoms with van der Waals surface area (Å²) in [6, 6.07) is 27.6. The van der Waals surface area contributed by atoms with Crippen molar-refractivity contribution in [2.45, 2.75) is 13.3 Å². The first kappa shape index (κ1) is 29.1. The molecule has 0 aliphatic rings. The van der Waals surface area contributed by atoms with E-state index >= 15 is 0 Å². The van der Waals surface area contributed by atoms with Crippen LogP contribution in [0.15, 0.2) is 118 Å². The maximum atomic E-state index is 13.7. The van der Waals surface area contributed by atoms with Gasteiger partial charge in [0, 0.05) is 16.6 Å². The predicted molar refractivity (Wildman–Crippen MR) is 176 cm³/mol. The lowest BCUT2D eigenvalue weighted by molar-refractivity contribution is -0.118. The first-order chi connectivity index (χ1) is 21.9. The third-order valence-electron chi connectivity index (χ3n) is 7.14. The summed E-state index contributed by atoms with van der Waals surface area (Å²) in [7, 11) is 1.52. The van der Waals surface area contributed by atoms with E-state index in [4.69, 9.17) is 18.9 Å². The van der Waals surface area contributed by atoms with Gasteiger partial charge in [0.25, 0.3) is 11.5 Å². The van der Waals surface area contributed by atoms with E-state index in [9.17, 15) is 9.59 Å². The van der Waals surface area contributed by atoms with Gasteiger partial charge in [-0.3, -0.25) is 9.59 Å². The van der Waals surface area contributed by atoms with E-state index in [0.29, 0.717) is 51.4 Å². The molecule has 4 aromatic carbocycles. The molecular formula is C36H30N4O5. The SMILES string of the molecule is C=CCc1cc(C=Nn2c(-c3cc4ccccc4o3)nc3ccccc3c2=O)cc(OC)c1OCC(=O)Nc1ccc(C)cc1. The van der Waals surface area contributed by atoms with Crippen LogP contribution in [0.3, 0.4) is 0 Å². The molecule has 224 valence electrons. The smallest absolute Gasteiger partial charge is 0.282 e. The van der Waals surface area contributed by atoms with E-state index in [1.54, 1.807) is 36.6 Å². The van der Waals surface area contributed by atoms with Crippen LogP contribution in [0.4, 0.5) is 5.69 Å². The van der Waals surface area contributed by atoms with Gasteiger partial charge in [-0.2, -0.15) is 9.78 Å². The summed E-state index contributed by atoms with van der Waals surface area (Å²) in [5, 5.41) is 8.71. The van der Waals surface area contributed by atoms with Crippen molar-refractivity contribution in [1.29, 1.82) is 0 Å². The zero-order valence-electron chi connectivity index (χ0n) is 24.8. The lowest BCUT2D eigenvalue weighted by atomic mass is 10.1. The van der Waals surface area contributed by atoms with Crippen LogP contribution in [0.2, 0.25) is 0 Å². The Bertz CT molecular complexity index is 2090. The van der Waals surface area contributed by atoms with Crippen molar-refractivity contribution in [3.63, 3.8) is 0 Å². The average Bonchev–Trinajstić information content (AvgIpc) is 3.49. The maximum absolute atomic E-state index is 13.7. The molecule has 0 bridgehead atoms. The van der Waals surface area contributed by atoms with Gasteiger partial charge in [-0.1, -0.05) is 54.1 Å². The molecule has 0 saturated carbocycles. The Morgan fingerprint density at radius 1 is 1.04 bits per heavy atom. The molecule has 6 rings (SSSR count). The van der Waals surface area contributed by atoms with E-state index < -0.39 is 0 Å². The second kappa shape index (κ2) is 12.7. The van der Waals surface area contributed by atoms with Gasteiger partial charge in [-0.15, -0.1) is 6.58 Å². The van der Waals surface area contributed by atoms with Gasteiger partial charge in [-0.05, 0) is 67.4 Å². The Labute approximate surface area is 259 Å². The number of carbonyl (C=O) groups excluding carboxylic acids is 1. The molecule has 0 fully saturated rings. The van der Waals surface area contributed by atoms with Crippen LogP contribution in [0, 0.1) is 6.92 Å². The van der Waals surface area contributed by atoms with Gasteiger partial charge in [-0.25, -0.2) is 4.98 Å². The predicted octanol–water partition coefficient (Wildman–Crippen LogP) is 6.75.